The van der Waals surface area contributed by atoms with E-state index in [2.05, 4.69) is 20.4 Å². The number of hydrogen-bond donors (Lipinski definition) is 0. The molecule has 0 unspecified atom stereocenters. The fourth-order valence-corrected chi connectivity index (χ4v) is 11.4. The van der Waals surface area contributed by atoms with Crippen molar-refractivity contribution in [1.29, 1.82) is 0 Å². The van der Waals surface area contributed by atoms with Crippen LogP contribution in [0, 0.1) is 27.7 Å². The lowest BCUT2D eigenvalue weighted by Gasteiger charge is -2.34. The van der Waals surface area contributed by atoms with Gasteiger partial charge in [0.15, 0.2) is 11.4 Å². The SMILES string of the molecule is CCC1=C(C)C2=C(c3cccc(Oc4nnc(Oc5cccc(C6=C7C(C)=C(CC)C(C)=[N+]7[B-](F)(F)n7c(C)c(CC)c(C)c76)c5)nn4)c3)c3c(C)c(CC)c(C)n3[B-](F)(F)[N+]2=C1C. The van der Waals surface area contributed by atoms with Crippen LogP contribution in [0.5, 0.6) is 23.5 Å². The lowest BCUT2D eigenvalue weighted by atomic mass is 9.83. The summed E-state index contributed by atoms with van der Waals surface area (Å²) in [5, 5.41) is 16.6. The summed E-state index contributed by atoms with van der Waals surface area (Å²) in [4.78, 5) is 0. The molecule has 330 valence electrons. The van der Waals surface area contributed by atoms with Crippen LogP contribution in [-0.4, -0.2) is 63.7 Å². The van der Waals surface area contributed by atoms with Gasteiger partial charge in [0, 0.05) is 47.5 Å². The summed E-state index contributed by atoms with van der Waals surface area (Å²) in [7, 11) is 0. The first-order valence-electron chi connectivity index (χ1n) is 22.2. The minimum Gasteiger partial charge on any atom is -0.422 e. The van der Waals surface area contributed by atoms with Crippen LogP contribution in [0.15, 0.2) is 82.2 Å². The molecule has 0 amide bonds. The number of allylic oxidation sites excluding steroid dienone is 4. The summed E-state index contributed by atoms with van der Waals surface area (Å²) < 4.78 is 84.4. The molecule has 5 aromatic rings. The molecular weight excluding hydrogens is 818 g/mol. The monoisotopic (exact) mass is 870 g/mol. The highest BCUT2D eigenvalue weighted by Gasteiger charge is 2.58. The molecule has 16 heteroatoms. The quantitative estimate of drug-likeness (QED) is 0.103. The van der Waals surface area contributed by atoms with E-state index in [9.17, 15) is 0 Å². The average molecular weight is 871 g/mol. The highest BCUT2D eigenvalue weighted by molar-refractivity contribution is 6.59. The molecule has 10 nitrogen and oxygen atoms in total. The lowest BCUT2D eigenvalue weighted by Crippen LogP contribution is -2.51. The van der Waals surface area contributed by atoms with Crippen molar-refractivity contribution in [2.45, 2.75) is 109 Å². The number of hydrogen-bond acceptors (Lipinski definition) is 6. The van der Waals surface area contributed by atoms with Gasteiger partial charge in [-0.25, -0.2) is 0 Å². The van der Waals surface area contributed by atoms with E-state index in [4.69, 9.17) is 9.47 Å². The number of nitrogens with zero attached hydrogens (tertiary/aromatic N) is 8. The summed E-state index contributed by atoms with van der Waals surface area (Å²) in [6.07, 6.45) is 2.50. The molecule has 4 aliphatic heterocycles. The summed E-state index contributed by atoms with van der Waals surface area (Å²) in [6.45, 7) is 14.5. The van der Waals surface area contributed by atoms with Crippen molar-refractivity contribution in [3.05, 3.63) is 138 Å². The van der Waals surface area contributed by atoms with Crippen LogP contribution in [0.3, 0.4) is 0 Å². The van der Waals surface area contributed by atoms with Crippen molar-refractivity contribution < 1.29 is 35.7 Å². The molecule has 0 radical (unpaired) electrons. The van der Waals surface area contributed by atoms with Gasteiger partial charge in [-0.15, -0.1) is 0 Å². The Balaban J connectivity index is 1.05. The first-order chi connectivity index (χ1) is 30.4. The second-order valence-corrected chi connectivity index (χ2v) is 17.2. The molecule has 0 fully saturated rings. The van der Waals surface area contributed by atoms with Gasteiger partial charge in [-0.2, -0.15) is 0 Å². The minimum atomic E-state index is -4.17. The number of ether oxygens (including phenoxy) is 2. The standard InChI is InChI=1S/C48H52B2F4N8O2/c1-13-37-25(5)43-41(44-26(6)38(14-2)30(10)60(44)49(51,52)59(43)29(37)9)33-19-17-21-35(23-33)63-47-55-57-48(58-56-47)64-36-22-18-20-34(24-36)42-45-27(7)39(15-3)31(11)61(45)50(53,54)62-32(12)40(16-4)28(8)46(42)62/h17-24H,13-16H2,1-12H3. The first-order valence-corrected chi connectivity index (χ1v) is 22.2. The predicted molar refractivity (Wildman–Crippen MR) is 244 cm³/mol. The number of benzene rings is 2. The van der Waals surface area contributed by atoms with Crippen molar-refractivity contribution in [3.63, 3.8) is 0 Å². The Morgan fingerprint density at radius 3 is 1.22 bits per heavy atom. The van der Waals surface area contributed by atoms with Crippen molar-refractivity contribution in [1.82, 2.24) is 29.4 Å². The second-order valence-electron chi connectivity index (χ2n) is 17.2. The molecule has 0 bridgehead atoms. The molecule has 9 rings (SSSR count). The van der Waals surface area contributed by atoms with Gasteiger partial charge in [-0.1, -0.05) is 72.4 Å². The normalized spacial score (nSPS) is 17.5. The van der Waals surface area contributed by atoms with Crippen LogP contribution < -0.4 is 9.47 Å². The Labute approximate surface area is 371 Å². The Morgan fingerprint density at radius 2 is 0.891 bits per heavy atom. The van der Waals surface area contributed by atoms with Gasteiger partial charge in [-0.3, -0.25) is 0 Å². The molecule has 0 atom stereocenters. The zero-order valence-corrected chi connectivity index (χ0v) is 38.5. The molecule has 7 heterocycles. The second kappa shape index (κ2) is 15.2. The van der Waals surface area contributed by atoms with Crippen LogP contribution in [0.4, 0.5) is 17.3 Å². The van der Waals surface area contributed by atoms with Crippen LogP contribution in [0.2, 0.25) is 0 Å². The Morgan fingerprint density at radius 1 is 0.531 bits per heavy atom. The van der Waals surface area contributed by atoms with Gasteiger partial charge in [0.25, 0.3) is 0 Å². The number of fused-ring (bicyclic) bond motifs is 4. The van der Waals surface area contributed by atoms with E-state index in [-0.39, 0.29) is 12.0 Å². The van der Waals surface area contributed by atoms with E-state index in [1.165, 1.54) is 17.9 Å². The van der Waals surface area contributed by atoms with Crippen LogP contribution >= 0.6 is 0 Å². The average Bonchev–Trinajstić information content (AvgIpc) is 3.88. The number of aromatic nitrogens is 6. The van der Waals surface area contributed by atoms with E-state index in [0.29, 0.717) is 105 Å². The third-order valence-electron chi connectivity index (χ3n) is 14.1. The van der Waals surface area contributed by atoms with Crippen LogP contribution in [0.25, 0.3) is 11.1 Å². The van der Waals surface area contributed by atoms with Gasteiger partial charge < -0.3 is 44.7 Å². The van der Waals surface area contributed by atoms with Crippen molar-refractivity contribution in [2.75, 3.05) is 0 Å². The smallest absolute Gasteiger partial charge is 0.422 e. The van der Waals surface area contributed by atoms with E-state index >= 15 is 17.3 Å². The maximum Gasteiger partial charge on any atom is 0.737 e. The van der Waals surface area contributed by atoms with Crippen molar-refractivity contribution in [2.24, 2.45) is 0 Å². The summed E-state index contributed by atoms with van der Waals surface area (Å²) >= 11 is 0. The molecule has 0 saturated carbocycles. The Hall–Kier alpha value is -6.31. The fraction of sp³-hybridized carbons (Fsp3) is 0.333. The summed E-state index contributed by atoms with van der Waals surface area (Å²) in [5.74, 6) is 0.729. The largest absolute Gasteiger partial charge is 0.737 e. The Kier molecular flexibility index (Phi) is 10.2. The van der Waals surface area contributed by atoms with E-state index in [1.807, 2.05) is 79.7 Å². The highest BCUT2D eigenvalue weighted by atomic mass is 19.3. The zero-order chi connectivity index (χ0) is 45.9. The third-order valence-corrected chi connectivity index (χ3v) is 14.1. The zero-order valence-electron chi connectivity index (χ0n) is 38.5. The molecule has 0 aliphatic carbocycles. The fourth-order valence-electron chi connectivity index (χ4n) is 11.4. The lowest BCUT2D eigenvalue weighted by molar-refractivity contribution is -0.364. The van der Waals surface area contributed by atoms with E-state index in [0.717, 1.165) is 44.5 Å². The first kappa shape index (κ1) is 43.0. The molecular formula is C48H52B2F4N8O2. The van der Waals surface area contributed by atoms with Gasteiger partial charge in [0.2, 0.25) is 0 Å². The predicted octanol–water partition coefficient (Wildman–Crippen LogP) is 11.2. The summed E-state index contributed by atoms with van der Waals surface area (Å²) in [6, 6.07) is 14.2. The highest BCUT2D eigenvalue weighted by Crippen LogP contribution is 2.49. The van der Waals surface area contributed by atoms with Gasteiger partial charge >= 0.3 is 26.0 Å². The molecule has 64 heavy (non-hydrogen) atoms. The van der Waals surface area contributed by atoms with E-state index < -0.39 is 13.9 Å². The van der Waals surface area contributed by atoms with Crippen LogP contribution in [-0.2, 0) is 12.8 Å². The van der Waals surface area contributed by atoms with E-state index in [1.54, 1.807) is 52.0 Å². The summed E-state index contributed by atoms with van der Waals surface area (Å²) in [5.41, 5.74) is 14.1. The Bertz CT molecular complexity index is 2870. The molecule has 0 N–H and O–H groups in total. The number of rotatable bonds is 10. The van der Waals surface area contributed by atoms with Gasteiger partial charge in [0.05, 0.1) is 11.1 Å². The van der Waals surface area contributed by atoms with Crippen LogP contribution in [0.1, 0.15) is 124 Å². The minimum absolute atomic E-state index is 0.147. The molecule has 4 aliphatic rings. The number of halogens is 4. The van der Waals surface area contributed by atoms with Crippen molar-refractivity contribution >= 4 is 36.5 Å². The van der Waals surface area contributed by atoms with Gasteiger partial charge in [0.1, 0.15) is 22.9 Å². The maximum absolute atomic E-state index is 16.8. The van der Waals surface area contributed by atoms with Gasteiger partial charge in [-0.05, 0) is 136 Å². The topological polar surface area (TPSA) is 85.9 Å². The molecule has 0 saturated heterocycles. The molecule has 0 spiro atoms. The molecule has 3 aromatic heterocycles. The third kappa shape index (κ3) is 5.92. The maximum atomic E-state index is 16.8. The molecule has 2 aromatic carbocycles. The van der Waals surface area contributed by atoms with Crippen molar-refractivity contribution in [3.8, 4) is 23.5 Å².